The summed E-state index contributed by atoms with van der Waals surface area (Å²) in [5.74, 6) is 0.0424. The lowest BCUT2D eigenvalue weighted by Crippen LogP contribution is -2.16. The average molecular weight is 413 g/mol. The summed E-state index contributed by atoms with van der Waals surface area (Å²) in [6, 6.07) is 15.6. The molecule has 7 nitrogen and oxygen atoms in total. The van der Waals surface area contributed by atoms with E-state index in [9.17, 15) is 14.9 Å². The van der Waals surface area contributed by atoms with E-state index < -0.39 is 10.8 Å². The number of carbonyl (C=O) groups excluding carboxylic acids is 1. The van der Waals surface area contributed by atoms with Crippen LogP contribution in [0.5, 0.6) is 0 Å². The van der Waals surface area contributed by atoms with Gasteiger partial charge in [0.15, 0.2) is 0 Å². The quantitative estimate of drug-likeness (QED) is 0.469. The van der Waals surface area contributed by atoms with Gasteiger partial charge in [0.05, 0.1) is 17.2 Å². The van der Waals surface area contributed by atoms with Gasteiger partial charge in [0.25, 0.3) is 11.6 Å². The molecule has 150 valence electrons. The van der Waals surface area contributed by atoms with Crippen molar-refractivity contribution in [2.75, 3.05) is 5.32 Å². The highest BCUT2D eigenvalue weighted by atomic mass is 35.5. The van der Waals surface area contributed by atoms with Crippen molar-refractivity contribution in [1.82, 2.24) is 9.78 Å². The molecule has 8 heteroatoms. The maximum Gasteiger partial charge on any atom is 0.288 e. The molecule has 0 radical (unpaired) electrons. The number of halogens is 1. The molecule has 2 aromatic carbocycles. The third-order valence-electron chi connectivity index (χ3n) is 4.37. The Balaban J connectivity index is 1.93. The lowest BCUT2D eigenvalue weighted by molar-refractivity contribution is -0.384. The number of amides is 1. The number of nitro groups is 1. The molecule has 29 heavy (non-hydrogen) atoms. The fourth-order valence-corrected chi connectivity index (χ4v) is 2.93. The summed E-state index contributed by atoms with van der Waals surface area (Å²) in [4.78, 5) is 23.2. The van der Waals surface area contributed by atoms with Gasteiger partial charge in [-0.2, -0.15) is 5.10 Å². The summed E-state index contributed by atoms with van der Waals surface area (Å²) in [7, 11) is 0. The molecular weight excluding hydrogens is 392 g/mol. The second kappa shape index (κ2) is 8.05. The maximum atomic E-state index is 12.7. The van der Waals surface area contributed by atoms with Crippen LogP contribution in [0.1, 0.15) is 42.4 Å². The van der Waals surface area contributed by atoms with Gasteiger partial charge in [0, 0.05) is 23.1 Å². The zero-order chi connectivity index (χ0) is 21.2. The van der Waals surface area contributed by atoms with Crippen molar-refractivity contribution in [3.05, 3.63) is 86.6 Å². The van der Waals surface area contributed by atoms with E-state index in [0.29, 0.717) is 12.4 Å². The standard InChI is InChI=1S/C21H21ClN4O3/c1-21(2,3)18-12-19(25(24-18)13-14-7-5-4-6-8-14)23-20(27)15-9-10-16(22)17(11-15)26(28)29/h4-12H,13H2,1-3H3,(H,23,27). The van der Waals surface area contributed by atoms with Crippen LogP contribution in [0, 0.1) is 10.1 Å². The molecule has 0 aliphatic carbocycles. The van der Waals surface area contributed by atoms with Gasteiger partial charge in [0.2, 0.25) is 0 Å². The van der Waals surface area contributed by atoms with E-state index in [4.69, 9.17) is 11.6 Å². The van der Waals surface area contributed by atoms with Crippen LogP contribution in [0.2, 0.25) is 5.02 Å². The van der Waals surface area contributed by atoms with Crippen LogP contribution in [0.3, 0.4) is 0 Å². The van der Waals surface area contributed by atoms with E-state index in [1.807, 2.05) is 57.2 Å². The average Bonchev–Trinajstić information content (AvgIpc) is 3.05. The zero-order valence-electron chi connectivity index (χ0n) is 16.3. The normalized spacial score (nSPS) is 11.3. The molecule has 0 saturated carbocycles. The Morgan fingerprint density at radius 2 is 1.86 bits per heavy atom. The van der Waals surface area contributed by atoms with Crippen LogP contribution in [-0.4, -0.2) is 20.6 Å². The Labute approximate surface area is 173 Å². The molecule has 0 aliphatic heterocycles. The van der Waals surface area contributed by atoms with Crippen molar-refractivity contribution in [2.45, 2.75) is 32.7 Å². The molecule has 1 heterocycles. The number of hydrogen-bond donors (Lipinski definition) is 1. The van der Waals surface area contributed by atoms with Crippen molar-refractivity contribution in [3.63, 3.8) is 0 Å². The lowest BCUT2D eigenvalue weighted by Gasteiger charge is -2.14. The third kappa shape index (κ3) is 4.81. The SMILES string of the molecule is CC(C)(C)c1cc(NC(=O)c2ccc(Cl)c([N+](=O)[O-])c2)n(Cc2ccccc2)n1. The minimum atomic E-state index is -0.615. The number of aromatic nitrogens is 2. The number of anilines is 1. The molecule has 0 fully saturated rings. The van der Waals surface area contributed by atoms with E-state index in [1.54, 1.807) is 4.68 Å². The van der Waals surface area contributed by atoms with Crippen molar-refractivity contribution < 1.29 is 9.72 Å². The van der Waals surface area contributed by atoms with Crippen molar-refractivity contribution >= 4 is 29.0 Å². The van der Waals surface area contributed by atoms with Gasteiger partial charge in [-0.05, 0) is 17.7 Å². The highest BCUT2D eigenvalue weighted by molar-refractivity contribution is 6.32. The molecule has 1 amide bonds. The Bertz CT molecular complexity index is 1060. The smallest absolute Gasteiger partial charge is 0.288 e. The molecule has 0 atom stereocenters. The minimum Gasteiger partial charge on any atom is -0.307 e. The summed E-state index contributed by atoms with van der Waals surface area (Å²) >= 11 is 5.84. The Morgan fingerprint density at radius 3 is 2.48 bits per heavy atom. The van der Waals surface area contributed by atoms with E-state index in [-0.39, 0.29) is 21.7 Å². The molecule has 1 aromatic heterocycles. The lowest BCUT2D eigenvalue weighted by atomic mass is 9.92. The minimum absolute atomic E-state index is 0.0179. The third-order valence-corrected chi connectivity index (χ3v) is 4.69. The van der Waals surface area contributed by atoms with Gasteiger partial charge in [-0.25, -0.2) is 4.68 Å². The monoisotopic (exact) mass is 412 g/mol. The highest BCUT2D eigenvalue weighted by Gasteiger charge is 2.22. The summed E-state index contributed by atoms with van der Waals surface area (Å²) in [5, 5.41) is 18.6. The van der Waals surface area contributed by atoms with Crippen LogP contribution in [0.25, 0.3) is 0 Å². The predicted molar refractivity (Wildman–Crippen MR) is 113 cm³/mol. The molecule has 3 rings (SSSR count). The summed E-state index contributed by atoms with van der Waals surface area (Å²) in [6.45, 7) is 6.59. The summed E-state index contributed by atoms with van der Waals surface area (Å²) < 4.78 is 1.72. The first-order valence-electron chi connectivity index (χ1n) is 9.02. The fourth-order valence-electron chi connectivity index (χ4n) is 2.74. The Morgan fingerprint density at radius 1 is 1.17 bits per heavy atom. The molecule has 0 spiro atoms. The van der Waals surface area contributed by atoms with Crippen molar-refractivity contribution in [1.29, 1.82) is 0 Å². The summed E-state index contributed by atoms with van der Waals surface area (Å²) in [6.07, 6.45) is 0. The molecule has 0 saturated heterocycles. The van der Waals surface area contributed by atoms with Crippen LogP contribution in [0.4, 0.5) is 11.5 Å². The number of hydrogen-bond acceptors (Lipinski definition) is 4. The van der Waals surface area contributed by atoms with Gasteiger partial charge in [-0.3, -0.25) is 14.9 Å². The molecule has 1 N–H and O–H groups in total. The number of benzene rings is 2. The van der Waals surface area contributed by atoms with E-state index in [2.05, 4.69) is 10.4 Å². The Hall–Kier alpha value is -3.19. The van der Waals surface area contributed by atoms with E-state index in [0.717, 1.165) is 11.3 Å². The maximum absolute atomic E-state index is 12.7. The van der Waals surface area contributed by atoms with Gasteiger partial charge >= 0.3 is 0 Å². The molecule has 0 aliphatic rings. The first kappa shape index (κ1) is 20.5. The van der Waals surface area contributed by atoms with Gasteiger partial charge in [0.1, 0.15) is 10.8 Å². The van der Waals surface area contributed by atoms with Gasteiger partial charge in [-0.1, -0.05) is 62.7 Å². The van der Waals surface area contributed by atoms with Crippen molar-refractivity contribution in [2.24, 2.45) is 0 Å². The first-order valence-corrected chi connectivity index (χ1v) is 9.40. The van der Waals surface area contributed by atoms with Crippen LogP contribution in [-0.2, 0) is 12.0 Å². The molecular formula is C21H21ClN4O3. The molecule has 0 unspecified atom stereocenters. The zero-order valence-corrected chi connectivity index (χ0v) is 17.1. The summed E-state index contributed by atoms with van der Waals surface area (Å²) in [5.41, 5.74) is 1.48. The first-order chi connectivity index (χ1) is 13.6. The van der Waals surface area contributed by atoms with Crippen molar-refractivity contribution in [3.8, 4) is 0 Å². The molecule has 0 bridgehead atoms. The van der Waals surface area contributed by atoms with Gasteiger partial charge in [-0.15, -0.1) is 0 Å². The van der Waals surface area contributed by atoms with E-state index in [1.165, 1.54) is 18.2 Å². The second-order valence-corrected chi connectivity index (χ2v) is 8.09. The largest absolute Gasteiger partial charge is 0.307 e. The van der Waals surface area contributed by atoms with E-state index >= 15 is 0 Å². The van der Waals surface area contributed by atoms with Gasteiger partial charge < -0.3 is 5.32 Å². The molecule has 3 aromatic rings. The number of nitrogens with one attached hydrogen (secondary N) is 1. The predicted octanol–water partition coefficient (Wildman–Crippen LogP) is 5.04. The topological polar surface area (TPSA) is 90.1 Å². The Kier molecular flexibility index (Phi) is 5.70. The van der Waals surface area contributed by atoms with Crippen LogP contribution in [0.15, 0.2) is 54.6 Å². The fraction of sp³-hybridized carbons (Fsp3) is 0.238. The van der Waals surface area contributed by atoms with Crippen LogP contribution < -0.4 is 5.32 Å². The number of nitro benzene ring substituents is 1. The van der Waals surface area contributed by atoms with Crippen LogP contribution >= 0.6 is 11.6 Å². The highest BCUT2D eigenvalue weighted by Crippen LogP contribution is 2.27. The number of nitrogens with zero attached hydrogens (tertiary/aromatic N) is 3. The number of carbonyl (C=O) groups is 1. The second-order valence-electron chi connectivity index (χ2n) is 7.69. The number of rotatable bonds is 5.